The number of rotatable bonds is 5. The number of hydrogen-bond donors (Lipinski definition) is 3. The van der Waals surface area contributed by atoms with E-state index < -0.39 is 5.91 Å². The van der Waals surface area contributed by atoms with Crippen LogP contribution in [-0.4, -0.2) is 53.2 Å². The number of benzene rings is 1. The molecule has 31 heavy (non-hydrogen) atoms. The van der Waals surface area contributed by atoms with Gasteiger partial charge in [-0.2, -0.15) is 0 Å². The van der Waals surface area contributed by atoms with Crippen molar-refractivity contribution in [1.29, 1.82) is 0 Å². The Labute approximate surface area is 179 Å². The third kappa shape index (κ3) is 4.41. The summed E-state index contributed by atoms with van der Waals surface area (Å²) in [4.78, 5) is 35.1. The molecule has 160 valence electrons. The van der Waals surface area contributed by atoms with Gasteiger partial charge in [0.1, 0.15) is 17.3 Å². The van der Waals surface area contributed by atoms with Crippen LogP contribution < -0.4 is 20.4 Å². The van der Waals surface area contributed by atoms with Crippen molar-refractivity contribution in [1.82, 2.24) is 20.8 Å². The molecule has 0 atom stereocenters. The number of nitrogens with zero attached hydrogens (tertiary/aromatic N) is 3. The molecule has 1 aliphatic heterocycles. The lowest BCUT2D eigenvalue weighted by Crippen LogP contribution is -2.45. The number of methoxy groups -OCH3 is 1. The van der Waals surface area contributed by atoms with Gasteiger partial charge in [0, 0.05) is 36.8 Å². The van der Waals surface area contributed by atoms with Gasteiger partial charge in [0.25, 0.3) is 11.8 Å². The first kappa shape index (κ1) is 20.5. The average Bonchev–Trinajstić information content (AvgIpc) is 2.83. The van der Waals surface area contributed by atoms with Crippen LogP contribution in [0.15, 0.2) is 48.7 Å². The second kappa shape index (κ2) is 8.97. The molecule has 1 aliphatic rings. The van der Waals surface area contributed by atoms with Crippen LogP contribution >= 0.6 is 0 Å². The molecule has 0 spiro atoms. The van der Waals surface area contributed by atoms with Gasteiger partial charge in [-0.25, -0.2) is 15.4 Å². The van der Waals surface area contributed by atoms with Crippen LogP contribution in [0.5, 0.6) is 5.75 Å². The summed E-state index contributed by atoms with van der Waals surface area (Å²) in [5.74, 6) is 0.551. The number of carbonyl (C=O) groups is 2. The number of aromatic nitrogens is 2. The number of anilines is 1. The molecule has 3 heterocycles. The predicted octanol–water partition coefficient (Wildman–Crippen LogP) is 2.16. The summed E-state index contributed by atoms with van der Waals surface area (Å²) >= 11 is 0. The predicted molar refractivity (Wildman–Crippen MR) is 114 cm³/mol. The minimum Gasteiger partial charge on any atom is -0.496 e. The maximum atomic E-state index is 12.8. The van der Waals surface area contributed by atoms with E-state index in [1.807, 2.05) is 24.3 Å². The Morgan fingerprint density at radius 2 is 1.90 bits per heavy atom. The Hall–Kier alpha value is -3.72. The van der Waals surface area contributed by atoms with Crippen LogP contribution in [0.4, 0.5) is 5.82 Å². The number of carbonyl (C=O) groups excluding carboxylic acids is 2. The molecule has 0 aliphatic carbocycles. The van der Waals surface area contributed by atoms with E-state index in [2.05, 4.69) is 20.2 Å². The van der Waals surface area contributed by atoms with E-state index >= 15 is 0 Å². The lowest BCUT2D eigenvalue weighted by Gasteiger charge is -2.33. The number of pyridine rings is 2. The van der Waals surface area contributed by atoms with Crippen LogP contribution in [0.2, 0.25) is 0 Å². The molecule has 3 N–H and O–H groups in total. The summed E-state index contributed by atoms with van der Waals surface area (Å²) in [5, 5.41) is 12.6. The smallest absolute Gasteiger partial charge is 0.276 e. The number of nitrogens with one attached hydrogen (secondary N) is 2. The fourth-order valence-electron chi connectivity index (χ4n) is 3.71. The molecule has 1 fully saturated rings. The van der Waals surface area contributed by atoms with Crippen LogP contribution in [0.1, 0.15) is 33.7 Å². The normalized spacial score (nSPS) is 14.3. The fraction of sp³-hybridized carbons (Fsp3) is 0.273. The Kier molecular flexibility index (Phi) is 5.94. The van der Waals surface area contributed by atoms with Crippen LogP contribution in [0, 0.1) is 0 Å². The van der Waals surface area contributed by atoms with Crippen LogP contribution in [-0.2, 0) is 0 Å². The first-order valence-corrected chi connectivity index (χ1v) is 9.99. The van der Waals surface area contributed by atoms with Crippen LogP contribution in [0.3, 0.4) is 0 Å². The van der Waals surface area contributed by atoms with E-state index in [1.165, 1.54) is 6.20 Å². The Morgan fingerprint density at radius 3 is 2.58 bits per heavy atom. The van der Waals surface area contributed by atoms with Gasteiger partial charge in [-0.05, 0) is 37.1 Å². The zero-order valence-corrected chi connectivity index (χ0v) is 17.0. The molecular weight excluding hydrogens is 398 g/mol. The van der Waals surface area contributed by atoms with Crippen molar-refractivity contribution in [2.75, 3.05) is 25.1 Å². The van der Waals surface area contributed by atoms with E-state index in [0.717, 1.165) is 37.1 Å². The van der Waals surface area contributed by atoms with Crippen molar-refractivity contribution >= 4 is 28.5 Å². The molecule has 0 bridgehead atoms. The lowest BCUT2D eigenvalue weighted by atomic mass is 10.0. The largest absolute Gasteiger partial charge is 0.496 e. The summed E-state index contributed by atoms with van der Waals surface area (Å²) in [6.45, 7) is 1.44. The van der Waals surface area contributed by atoms with Gasteiger partial charge < -0.3 is 15.0 Å². The summed E-state index contributed by atoms with van der Waals surface area (Å²) in [6, 6.07) is 12.6. The number of ether oxygens (including phenoxy) is 1. The summed E-state index contributed by atoms with van der Waals surface area (Å²) in [5.41, 5.74) is 2.92. The summed E-state index contributed by atoms with van der Waals surface area (Å²) < 4.78 is 5.43. The second-order valence-corrected chi connectivity index (χ2v) is 7.31. The molecule has 4 rings (SSSR count). The van der Waals surface area contributed by atoms with Gasteiger partial charge in [0.2, 0.25) is 0 Å². The standard InChI is InChI=1S/C22H23N5O4/c1-31-19-12-18(25-17-5-3-2-4-16(17)19)22(29)24-15-8-10-27(11-9-15)20-7-6-14(13-23-20)21(28)26-30/h2-7,12-13,15,30H,8-11H2,1H3,(H,24,29)(H,26,28). The van der Waals surface area contributed by atoms with Gasteiger partial charge in [0.05, 0.1) is 18.2 Å². The minimum absolute atomic E-state index is 0.0301. The van der Waals surface area contributed by atoms with E-state index in [0.29, 0.717) is 17.0 Å². The monoisotopic (exact) mass is 421 g/mol. The Bertz CT molecular complexity index is 1090. The number of para-hydroxylation sites is 1. The summed E-state index contributed by atoms with van der Waals surface area (Å²) in [6.07, 6.45) is 2.95. The van der Waals surface area contributed by atoms with Crippen molar-refractivity contribution in [3.63, 3.8) is 0 Å². The molecule has 1 aromatic carbocycles. The molecule has 2 amide bonds. The molecule has 0 saturated carbocycles. The maximum absolute atomic E-state index is 12.8. The number of hydroxylamine groups is 1. The summed E-state index contributed by atoms with van der Waals surface area (Å²) in [7, 11) is 1.58. The first-order valence-electron chi connectivity index (χ1n) is 9.99. The Balaban J connectivity index is 1.38. The third-order valence-electron chi connectivity index (χ3n) is 5.40. The quantitative estimate of drug-likeness (QED) is 0.427. The minimum atomic E-state index is -0.598. The van der Waals surface area contributed by atoms with Gasteiger partial charge in [0.15, 0.2) is 0 Å². The zero-order chi connectivity index (χ0) is 21.8. The number of hydrogen-bond acceptors (Lipinski definition) is 7. The average molecular weight is 421 g/mol. The number of piperidine rings is 1. The molecule has 9 nitrogen and oxygen atoms in total. The first-order chi connectivity index (χ1) is 15.1. The van der Waals surface area contributed by atoms with E-state index in [-0.39, 0.29) is 17.5 Å². The van der Waals surface area contributed by atoms with E-state index in [9.17, 15) is 9.59 Å². The maximum Gasteiger partial charge on any atom is 0.276 e. The van der Waals surface area contributed by atoms with E-state index in [1.54, 1.807) is 30.8 Å². The molecular formula is C22H23N5O4. The molecule has 0 radical (unpaired) electrons. The van der Waals surface area contributed by atoms with Crippen LogP contribution in [0.25, 0.3) is 10.9 Å². The molecule has 2 aromatic heterocycles. The van der Waals surface area contributed by atoms with Crippen molar-refractivity contribution in [2.24, 2.45) is 0 Å². The third-order valence-corrected chi connectivity index (χ3v) is 5.40. The molecule has 9 heteroatoms. The highest BCUT2D eigenvalue weighted by atomic mass is 16.5. The lowest BCUT2D eigenvalue weighted by molar-refractivity contribution is 0.0706. The molecule has 3 aromatic rings. The van der Waals surface area contributed by atoms with Crippen molar-refractivity contribution < 1.29 is 19.5 Å². The highest BCUT2D eigenvalue weighted by molar-refractivity contribution is 5.97. The van der Waals surface area contributed by atoms with Gasteiger partial charge in [-0.15, -0.1) is 0 Å². The van der Waals surface area contributed by atoms with Gasteiger partial charge in [-0.3, -0.25) is 14.8 Å². The van der Waals surface area contributed by atoms with E-state index in [4.69, 9.17) is 9.94 Å². The molecule has 0 unspecified atom stereocenters. The zero-order valence-electron chi connectivity index (χ0n) is 17.0. The van der Waals surface area contributed by atoms with Crippen molar-refractivity contribution in [2.45, 2.75) is 18.9 Å². The second-order valence-electron chi connectivity index (χ2n) is 7.31. The topological polar surface area (TPSA) is 117 Å². The van der Waals surface area contributed by atoms with Crippen molar-refractivity contribution in [3.8, 4) is 5.75 Å². The van der Waals surface area contributed by atoms with Gasteiger partial charge in [-0.1, -0.05) is 12.1 Å². The number of amides is 2. The SMILES string of the molecule is COc1cc(C(=O)NC2CCN(c3ccc(C(=O)NO)cn3)CC2)nc2ccccc12. The molecule has 1 saturated heterocycles. The fourth-order valence-corrected chi connectivity index (χ4v) is 3.71. The van der Waals surface area contributed by atoms with Gasteiger partial charge >= 0.3 is 0 Å². The van der Waals surface area contributed by atoms with Crippen molar-refractivity contribution in [3.05, 3.63) is 59.9 Å². The highest BCUT2D eigenvalue weighted by Crippen LogP contribution is 2.25. The number of fused-ring (bicyclic) bond motifs is 1. The Morgan fingerprint density at radius 1 is 1.13 bits per heavy atom. The highest BCUT2D eigenvalue weighted by Gasteiger charge is 2.23.